The van der Waals surface area contributed by atoms with Crippen LogP contribution in [0.1, 0.15) is 75.3 Å². The Morgan fingerprint density at radius 3 is 1.43 bits per heavy atom. The molecule has 35 heavy (non-hydrogen) atoms. The highest BCUT2D eigenvalue weighted by atomic mass is 16.5. The maximum atomic E-state index is 12.1. The molecule has 0 spiro atoms. The number of ether oxygens (including phenoxy) is 1. The van der Waals surface area contributed by atoms with E-state index < -0.39 is 23.1 Å². The number of esters is 1. The molecule has 4 rings (SSSR count). The summed E-state index contributed by atoms with van der Waals surface area (Å²) in [7, 11) is 1.33. The number of aliphatic carboxylic acids is 1. The second kappa shape index (κ2) is 12.3. The largest absolute Gasteiger partial charge is 0.479 e. The highest BCUT2D eigenvalue weighted by molar-refractivity contribution is 5.81. The highest BCUT2D eigenvalue weighted by Crippen LogP contribution is 2.41. The summed E-state index contributed by atoms with van der Waals surface area (Å²) in [5, 5.41) is 30.9. The van der Waals surface area contributed by atoms with Gasteiger partial charge in [-0.15, -0.1) is 0 Å². The van der Waals surface area contributed by atoms with Crippen LogP contribution in [0.3, 0.4) is 0 Å². The van der Waals surface area contributed by atoms with Crippen LogP contribution in [-0.2, 0) is 25.5 Å². The van der Waals surface area contributed by atoms with Gasteiger partial charge in [0.05, 0.1) is 7.11 Å². The fourth-order valence-corrected chi connectivity index (χ4v) is 5.63. The van der Waals surface area contributed by atoms with Crippen molar-refractivity contribution >= 4 is 11.9 Å². The fourth-order valence-electron chi connectivity index (χ4n) is 5.63. The van der Waals surface area contributed by atoms with Crippen LogP contribution in [0.5, 0.6) is 0 Å². The number of carboxylic acids is 1. The molecular weight excluding hydrogens is 444 g/mol. The van der Waals surface area contributed by atoms with E-state index in [2.05, 4.69) is 0 Å². The lowest BCUT2D eigenvalue weighted by atomic mass is 9.73. The summed E-state index contributed by atoms with van der Waals surface area (Å²) in [6.07, 6.45) is 9.80. The molecule has 0 radical (unpaired) electrons. The van der Waals surface area contributed by atoms with Gasteiger partial charge in [-0.25, -0.2) is 9.59 Å². The van der Waals surface area contributed by atoms with Gasteiger partial charge in [0.1, 0.15) is 0 Å². The smallest absolute Gasteiger partial charge is 0.342 e. The molecule has 2 unspecified atom stereocenters. The molecule has 2 aliphatic carbocycles. The molecule has 2 aromatic rings. The van der Waals surface area contributed by atoms with E-state index in [1.54, 1.807) is 36.4 Å². The first-order valence-corrected chi connectivity index (χ1v) is 12.7. The molecule has 2 aliphatic rings. The maximum Gasteiger partial charge on any atom is 0.342 e. The number of aliphatic hydroxyl groups is 2. The van der Waals surface area contributed by atoms with E-state index in [1.165, 1.54) is 13.5 Å². The van der Waals surface area contributed by atoms with Crippen molar-refractivity contribution < 1.29 is 29.6 Å². The second-order valence-corrected chi connectivity index (χ2v) is 9.73. The van der Waals surface area contributed by atoms with E-state index in [-0.39, 0.29) is 11.8 Å². The summed E-state index contributed by atoms with van der Waals surface area (Å²) in [4.78, 5) is 23.5. The Balaban J connectivity index is 0.000000196. The molecule has 0 saturated heterocycles. The summed E-state index contributed by atoms with van der Waals surface area (Å²) in [5.74, 6) is -1.88. The molecule has 0 bridgehead atoms. The van der Waals surface area contributed by atoms with Crippen LogP contribution in [0, 0.1) is 11.8 Å². The summed E-state index contributed by atoms with van der Waals surface area (Å²) in [6.45, 7) is 0. The van der Waals surface area contributed by atoms with Gasteiger partial charge in [0, 0.05) is 11.8 Å². The number of hydrogen-bond acceptors (Lipinski definition) is 5. The van der Waals surface area contributed by atoms with Crippen molar-refractivity contribution in [3.63, 3.8) is 0 Å². The van der Waals surface area contributed by atoms with E-state index in [0.717, 1.165) is 57.8 Å². The Hall–Kier alpha value is -2.70. The molecule has 2 fully saturated rings. The molecule has 0 aromatic heterocycles. The lowest BCUT2D eigenvalue weighted by Gasteiger charge is -2.36. The zero-order valence-corrected chi connectivity index (χ0v) is 20.6. The van der Waals surface area contributed by atoms with Crippen molar-refractivity contribution in [3.05, 3.63) is 71.8 Å². The molecule has 0 aliphatic heterocycles. The average molecular weight is 483 g/mol. The molecule has 190 valence electrons. The number of hydrogen-bond donors (Lipinski definition) is 3. The van der Waals surface area contributed by atoms with E-state index >= 15 is 0 Å². The van der Waals surface area contributed by atoms with Gasteiger partial charge in [0.15, 0.2) is 11.2 Å². The minimum absolute atomic E-state index is 0.0406. The Morgan fingerprint density at radius 1 is 0.686 bits per heavy atom. The molecular formula is C29H38O6. The third kappa shape index (κ3) is 5.93. The van der Waals surface area contributed by atoms with E-state index in [0.29, 0.717) is 11.1 Å². The molecule has 2 aromatic carbocycles. The van der Waals surface area contributed by atoms with Crippen LogP contribution in [0.4, 0.5) is 0 Å². The van der Waals surface area contributed by atoms with Crippen LogP contribution in [0.25, 0.3) is 0 Å². The van der Waals surface area contributed by atoms with Crippen LogP contribution in [-0.4, -0.2) is 34.4 Å². The zero-order valence-electron chi connectivity index (χ0n) is 20.6. The van der Waals surface area contributed by atoms with Crippen molar-refractivity contribution in [1.29, 1.82) is 0 Å². The van der Waals surface area contributed by atoms with E-state index in [9.17, 15) is 24.9 Å². The number of methoxy groups -OCH3 is 1. The minimum atomic E-state index is -1.72. The molecule has 6 nitrogen and oxygen atoms in total. The van der Waals surface area contributed by atoms with Crippen LogP contribution in [0.15, 0.2) is 60.7 Å². The van der Waals surface area contributed by atoms with Crippen molar-refractivity contribution in [2.24, 2.45) is 11.8 Å². The lowest BCUT2D eigenvalue weighted by molar-refractivity contribution is -0.172. The SMILES string of the molecule is COC(=O)C(O)(c1ccccc1)C1CCCCC1.O=C(O)C(O)(c1ccccc1)C1CCCCC1. The van der Waals surface area contributed by atoms with Crippen molar-refractivity contribution in [2.45, 2.75) is 75.4 Å². The summed E-state index contributed by atoms with van der Waals surface area (Å²) >= 11 is 0. The number of carbonyl (C=O) groups excluding carboxylic acids is 1. The van der Waals surface area contributed by atoms with Gasteiger partial charge in [-0.05, 0) is 36.8 Å². The zero-order chi connectivity index (χ0) is 25.3. The number of carboxylic acid groups (broad SMARTS) is 1. The number of rotatable bonds is 6. The summed E-state index contributed by atoms with van der Waals surface area (Å²) in [6, 6.07) is 17.9. The van der Waals surface area contributed by atoms with Gasteiger partial charge in [0.25, 0.3) is 0 Å². The molecule has 0 amide bonds. The first-order chi connectivity index (χ1) is 16.8. The van der Waals surface area contributed by atoms with Gasteiger partial charge in [0.2, 0.25) is 0 Å². The minimum Gasteiger partial charge on any atom is -0.479 e. The normalized spacial score (nSPS) is 20.4. The van der Waals surface area contributed by atoms with E-state index in [4.69, 9.17) is 4.74 Å². The van der Waals surface area contributed by atoms with Crippen molar-refractivity contribution in [1.82, 2.24) is 0 Å². The van der Waals surface area contributed by atoms with Gasteiger partial charge in [-0.1, -0.05) is 99.2 Å². The second-order valence-electron chi connectivity index (χ2n) is 9.73. The molecule has 2 saturated carbocycles. The van der Waals surface area contributed by atoms with Gasteiger partial charge < -0.3 is 20.1 Å². The first kappa shape index (κ1) is 26.9. The molecule has 6 heteroatoms. The monoisotopic (exact) mass is 482 g/mol. The first-order valence-electron chi connectivity index (χ1n) is 12.7. The predicted octanol–water partition coefficient (Wildman–Crippen LogP) is 5.17. The fraction of sp³-hybridized carbons (Fsp3) is 0.517. The standard InChI is InChI=1S/C15H20O3.C14H18O3/c1-18-14(16)15(17,12-8-4-2-5-9-12)13-10-6-3-7-11-13;15-13(16)14(17,11-7-3-1-4-8-11)12-9-5-2-6-10-12/h2,4-5,8-9,13,17H,3,6-7,10-11H2,1H3;1,3-4,7-8,12,17H,2,5-6,9-10H2,(H,15,16). The van der Waals surface area contributed by atoms with Crippen molar-refractivity contribution in [3.8, 4) is 0 Å². The number of carbonyl (C=O) groups is 2. The average Bonchev–Trinajstić information content (AvgIpc) is 2.93. The van der Waals surface area contributed by atoms with Crippen LogP contribution in [0.2, 0.25) is 0 Å². The maximum absolute atomic E-state index is 12.1. The Kier molecular flexibility index (Phi) is 9.47. The molecule has 0 heterocycles. The molecule has 2 atom stereocenters. The lowest BCUT2D eigenvalue weighted by Crippen LogP contribution is -2.44. The van der Waals surface area contributed by atoms with Crippen LogP contribution < -0.4 is 0 Å². The highest BCUT2D eigenvalue weighted by Gasteiger charge is 2.47. The van der Waals surface area contributed by atoms with Gasteiger partial charge >= 0.3 is 11.9 Å². The van der Waals surface area contributed by atoms with Gasteiger partial charge in [-0.3, -0.25) is 0 Å². The quantitative estimate of drug-likeness (QED) is 0.491. The third-order valence-corrected chi connectivity index (χ3v) is 7.64. The summed E-state index contributed by atoms with van der Waals surface area (Å²) < 4.78 is 4.83. The Morgan fingerprint density at radius 2 is 1.06 bits per heavy atom. The van der Waals surface area contributed by atoms with Crippen LogP contribution >= 0.6 is 0 Å². The molecule has 3 N–H and O–H groups in total. The third-order valence-electron chi connectivity index (χ3n) is 7.64. The Labute approximate surface area is 208 Å². The van der Waals surface area contributed by atoms with Crippen molar-refractivity contribution in [2.75, 3.05) is 7.11 Å². The summed E-state index contributed by atoms with van der Waals surface area (Å²) in [5.41, 5.74) is -2.07. The number of benzene rings is 2. The Bertz CT molecular complexity index is 934. The van der Waals surface area contributed by atoms with E-state index in [1.807, 2.05) is 24.3 Å². The predicted molar refractivity (Wildman–Crippen MR) is 133 cm³/mol. The topological polar surface area (TPSA) is 104 Å². The van der Waals surface area contributed by atoms with Gasteiger partial charge in [-0.2, -0.15) is 0 Å².